The number of hydrogen-bond donors (Lipinski definition) is 0. The van der Waals surface area contributed by atoms with Gasteiger partial charge < -0.3 is 9.64 Å². The van der Waals surface area contributed by atoms with Gasteiger partial charge in [0.25, 0.3) is 0 Å². The second-order valence-electron chi connectivity index (χ2n) is 9.44. The van der Waals surface area contributed by atoms with Gasteiger partial charge in [-0.3, -0.25) is 9.80 Å². The van der Waals surface area contributed by atoms with Gasteiger partial charge in [-0.1, -0.05) is 42.5 Å². The van der Waals surface area contributed by atoms with Gasteiger partial charge in [0.2, 0.25) is 0 Å². The van der Waals surface area contributed by atoms with Crippen LogP contribution < -0.4 is 4.90 Å². The maximum atomic E-state index is 13.0. The Morgan fingerprint density at radius 1 is 0.914 bits per heavy atom. The smallest absolute Gasteiger partial charge is 0.327 e. The Bertz CT molecular complexity index is 1200. The summed E-state index contributed by atoms with van der Waals surface area (Å²) < 4.78 is 5.27. The minimum Gasteiger partial charge on any atom is -0.468 e. The first-order chi connectivity index (χ1) is 17.2. The third kappa shape index (κ3) is 4.88. The molecule has 0 radical (unpaired) electrons. The maximum Gasteiger partial charge on any atom is 0.327 e. The monoisotopic (exact) mass is 468 g/mol. The first-order valence-electron chi connectivity index (χ1n) is 12.5. The van der Waals surface area contributed by atoms with Crippen molar-refractivity contribution in [1.82, 2.24) is 9.80 Å². The number of likely N-dealkylation sites (tertiary alicyclic amines) is 1. The molecule has 0 spiro atoms. The molecule has 0 saturated carbocycles. The lowest BCUT2D eigenvalue weighted by atomic mass is 9.94. The van der Waals surface area contributed by atoms with Crippen molar-refractivity contribution in [3.8, 4) is 6.07 Å². The molecule has 1 unspecified atom stereocenters. The molecule has 180 valence electrons. The summed E-state index contributed by atoms with van der Waals surface area (Å²) in [6, 6.07) is 24.7. The van der Waals surface area contributed by atoms with Gasteiger partial charge in [0, 0.05) is 51.0 Å². The summed E-state index contributed by atoms with van der Waals surface area (Å²) >= 11 is 0. The lowest BCUT2D eigenvalue weighted by Gasteiger charge is -2.44. The van der Waals surface area contributed by atoms with Crippen molar-refractivity contribution in [2.45, 2.75) is 24.9 Å². The Hall–Kier alpha value is -3.40. The Balaban J connectivity index is 1.23. The molecule has 0 aliphatic carbocycles. The Labute approximate surface area is 207 Å². The van der Waals surface area contributed by atoms with E-state index < -0.39 is 0 Å². The summed E-state index contributed by atoms with van der Waals surface area (Å²) in [5, 5.41) is 11.3. The van der Waals surface area contributed by atoms with E-state index in [1.807, 2.05) is 42.5 Å². The molecule has 2 heterocycles. The number of anilines is 1. The molecule has 3 aromatic rings. The zero-order valence-corrected chi connectivity index (χ0v) is 20.3. The van der Waals surface area contributed by atoms with Crippen LogP contribution in [0.1, 0.15) is 30.0 Å². The summed E-state index contributed by atoms with van der Waals surface area (Å²) in [5.74, 6) is -0.184. The standard InChI is InChI=1S/C29H32N4O2/c1-35-29(34)28(27-8-4-6-23-5-2-3-7-26(23)27)33-15-13-25(14-16-33)32-19-17-31(18-20-32)24-11-9-22(21-30)10-12-24/h2-12,25,28H,13-20H2,1H3. The molecular formula is C29H32N4O2. The molecule has 2 aliphatic heterocycles. The van der Waals surface area contributed by atoms with Crippen LogP contribution in [-0.2, 0) is 9.53 Å². The van der Waals surface area contributed by atoms with Crippen molar-refractivity contribution in [2.24, 2.45) is 0 Å². The summed E-state index contributed by atoms with van der Waals surface area (Å²) in [4.78, 5) is 20.3. The first kappa shape index (κ1) is 23.3. The third-order valence-electron chi connectivity index (χ3n) is 7.60. The van der Waals surface area contributed by atoms with Gasteiger partial charge in [-0.15, -0.1) is 0 Å². The van der Waals surface area contributed by atoms with Crippen LogP contribution in [0.15, 0.2) is 66.7 Å². The Morgan fingerprint density at radius 3 is 2.29 bits per heavy atom. The zero-order valence-electron chi connectivity index (χ0n) is 20.3. The highest BCUT2D eigenvalue weighted by molar-refractivity contribution is 5.91. The largest absolute Gasteiger partial charge is 0.468 e. The molecule has 6 nitrogen and oxygen atoms in total. The molecule has 3 aromatic carbocycles. The van der Waals surface area contributed by atoms with Crippen molar-refractivity contribution >= 4 is 22.4 Å². The molecular weight excluding hydrogens is 436 g/mol. The number of piperidine rings is 1. The molecule has 5 rings (SSSR count). The number of benzene rings is 3. The number of carbonyl (C=O) groups is 1. The van der Waals surface area contributed by atoms with Crippen molar-refractivity contribution in [3.63, 3.8) is 0 Å². The molecule has 0 N–H and O–H groups in total. The fourth-order valence-electron chi connectivity index (χ4n) is 5.67. The van der Waals surface area contributed by atoms with Crippen molar-refractivity contribution in [3.05, 3.63) is 77.9 Å². The van der Waals surface area contributed by atoms with Gasteiger partial charge >= 0.3 is 5.97 Å². The van der Waals surface area contributed by atoms with Gasteiger partial charge in [-0.25, -0.2) is 4.79 Å². The van der Waals surface area contributed by atoms with Gasteiger partial charge in [-0.05, 0) is 53.4 Å². The SMILES string of the molecule is COC(=O)C(c1cccc2ccccc12)N1CCC(N2CCN(c3ccc(C#N)cc3)CC2)CC1. The van der Waals surface area contributed by atoms with Crippen LogP contribution in [0.25, 0.3) is 10.8 Å². The number of fused-ring (bicyclic) bond motifs is 1. The van der Waals surface area contributed by atoms with E-state index in [0.717, 1.165) is 68.4 Å². The minimum atomic E-state index is -0.375. The van der Waals surface area contributed by atoms with Gasteiger partial charge in [0.15, 0.2) is 0 Å². The van der Waals surface area contributed by atoms with E-state index in [9.17, 15) is 4.79 Å². The van der Waals surface area contributed by atoms with Crippen molar-refractivity contribution in [2.75, 3.05) is 51.3 Å². The second-order valence-corrected chi connectivity index (χ2v) is 9.44. The van der Waals surface area contributed by atoms with E-state index in [4.69, 9.17) is 10.00 Å². The molecule has 2 saturated heterocycles. The molecule has 0 amide bonds. The van der Waals surface area contributed by atoms with Crippen LogP contribution in [-0.4, -0.2) is 68.2 Å². The van der Waals surface area contributed by atoms with E-state index >= 15 is 0 Å². The van der Waals surface area contributed by atoms with E-state index in [1.54, 1.807) is 0 Å². The minimum absolute atomic E-state index is 0.184. The Morgan fingerprint density at radius 2 is 1.60 bits per heavy atom. The van der Waals surface area contributed by atoms with Crippen LogP contribution in [0.2, 0.25) is 0 Å². The molecule has 0 bridgehead atoms. The number of carbonyl (C=O) groups excluding carboxylic acids is 1. The quantitative estimate of drug-likeness (QED) is 0.523. The van der Waals surface area contributed by atoms with Crippen molar-refractivity contribution < 1.29 is 9.53 Å². The van der Waals surface area contributed by atoms with E-state index in [2.05, 4.69) is 45.0 Å². The number of ether oxygens (including phenoxy) is 1. The van der Waals surface area contributed by atoms with Crippen LogP contribution in [0.4, 0.5) is 5.69 Å². The number of nitriles is 1. The lowest BCUT2D eigenvalue weighted by Crippen LogP contribution is -2.54. The third-order valence-corrected chi connectivity index (χ3v) is 7.60. The summed E-state index contributed by atoms with van der Waals surface area (Å²) in [6.07, 6.45) is 2.10. The number of rotatable bonds is 5. The van der Waals surface area contributed by atoms with Crippen LogP contribution in [0.3, 0.4) is 0 Å². The van der Waals surface area contributed by atoms with Crippen molar-refractivity contribution in [1.29, 1.82) is 5.26 Å². The average molecular weight is 469 g/mol. The highest BCUT2D eigenvalue weighted by atomic mass is 16.5. The number of hydrogen-bond acceptors (Lipinski definition) is 6. The summed E-state index contributed by atoms with van der Waals surface area (Å²) in [5.41, 5.74) is 2.92. The number of esters is 1. The van der Waals surface area contributed by atoms with Gasteiger partial charge in [0.1, 0.15) is 6.04 Å². The van der Waals surface area contributed by atoms with Crippen LogP contribution >= 0.6 is 0 Å². The normalized spacial score (nSPS) is 18.8. The Kier molecular flexibility index (Phi) is 6.98. The summed E-state index contributed by atoms with van der Waals surface area (Å²) in [7, 11) is 1.49. The van der Waals surface area contributed by atoms with Gasteiger partial charge in [0.05, 0.1) is 18.7 Å². The topological polar surface area (TPSA) is 59.8 Å². The molecule has 6 heteroatoms. The molecule has 2 aliphatic rings. The van der Waals surface area contributed by atoms with E-state index in [0.29, 0.717) is 11.6 Å². The molecule has 2 fully saturated rings. The van der Waals surface area contributed by atoms with E-state index in [-0.39, 0.29) is 12.0 Å². The molecule has 1 atom stereocenters. The predicted molar refractivity (Wildman–Crippen MR) is 138 cm³/mol. The fourth-order valence-corrected chi connectivity index (χ4v) is 5.67. The molecule has 35 heavy (non-hydrogen) atoms. The second kappa shape index (κ2) is 10.5. The first-order valence-corrected chi connectivity index (χ1v) is 12.5. The maximum absolute atomic E-state index is 13.0. The van der Waals surface area contributed by atoms with Crippen LogP contribution in [0, 0.1) is 11.3 Å². The number of nitrogens with zero attached hydrogens (tertiary/aromatic N) is 4. The molecule has 0 aromatic heterocycles. The van der Waals surface area contributed by atoms with E-state index in [1.165, 1.54) is 12.8 Å². The lowest BCUT2D eigenvalue weighted by molar-refractivity contribution is -0.148. The van der Waals surface area contributed by atoms with Gasteiger partial charge in [-0.2, -0.15) is 5.26 Å². The number of methoxy groups -OCH3 is 1. The van der Waals surface area contributed by atoms with Crippen LogP contribution in [0.5, 0.6) is 0 Å². The highest BCUT2D eigenvalue weighted by Crippen LogP contribution is 2.32. The predicted octanol–water partition coefficient (Wildman–Crippen LogP) is 4.21. The average Bonchev–Trinajstić information content (AvgIpc) is 2.94. The highest BCUT2D eigenvalue weighted by Gasteiger charge is 2.35. The fraction of sp³-hybridized carbons (Fsp3) is 0.379. The number of piperazine rings is 1. The summed E-state index contributed by atoms with van der Waals surface area (Å²) in [6.45, 7) is 5.82. The zero-order chi connectivity index (χ0) is 24.2.